The molecule has 0 aromatic heterocycles. The normalized spacial score (nSPS) is 12.6. The minimum absolute atomic E-state index is 0.186. The molecule has 0 spiro atoms. The third kappa shape index (κ3) is 5.41. The predicted octanol–water partition coefficient (Wildman–Crippen LogP) is -1.66. The van der Waals surface area contributed by atoms with Crippen molar-refractivity contribution in [3.63, 3.8) is 0 Å². The molecular formula is C10H22N2O4. The van der Waals surface area contributed by atoms with Crippen LogP contribution in [-0.2, 0) is 4.79 Å². The van der Waals surface area contributed by atoms with Crippen molar-refractivity contribution in [2.24, 2.45) is 5.73 Å². The van der Waals surface area contributed by atoms with E-state index in [1.165, 1.54) is 0 Å². The number of nitrogens with one attached hydrogen (secondary N) is 1. The fraction of sp³-hybridized carbons (Fsp3) is 0.900. The molecule has 6 heteroatoms. The third-order valence-corrected chi connectivity index (χ3v) is 2.31. The van der Waals surface area contributed by atoms with Crippen LogP contribution in [0.15, 0.2) is 0 Å². The van der Waals surface area contributed by atoms with Gasteiger partial charge in [-0.1, -0.05) is 0 Å². The van der Waals surface area contributed by atoms with Crippen molar-refractivity contribution in [1.29, 1.82) is 0 Å². The molecule has 0 bridgehead atoms. The Bertz CT molecular complexity index is 213. The molecule has 0 atom stereocenters. The van der Waals surface area contributed by atoms with E-state index in [0.29, 0.717) is 6.42 Å². The van der Waals surface area contributed by atoms with Crippen LogP contribution >= 0.6 is 0 Å². The van der Waals surface area contributed by atoms with E-state index in [-0.39, 0.29) is 12.3 Å². The van der Waals surface area contributed by atoms with Crippen LogP contribution in [0, 0.1) is 0 Å². The first kappa shape index (κ1) is 15.3. The Kier molecular flexibility index (Phi) is 5.88. The lowest BCUT2D eigenvalue weighted by atomic mass is 9.98. The smallest absolute Gasteiger partial charge is 0.220 e. The number of hydrogen-bond acceptors (Lipinski definition) is 5. The van der Waals surface area contributed by atoms with Gasteiger partial charge in [0.15, 0.2) is 0 Å². The lowest BCUT2D eigenvalue weighted by Gasteiger charge is -2.29. The Morgan fingerprint density at radius 3 is 1.94 bits per heavy atom. The van der Waals surface area contributed by atoms with E-state index in [1.807, 2.05) is 0 Å². The molecule has 0 aromatic carbocycles. The predicted molar refractivity (Wildman–Crippen MR) is 59.6 cm³/mol. The summed E-state index contributed by atoms with van der Waals surface area (Å²) in [4.78, 5) is 11.5. The molecule has 96 valence electrons. The zero-order valence-corrected chi connectivity index (χ0v) is 9.86. The van der Waals surface area contributed by atoms with Crippen LogP contribution in [0.25, 0.3) is 0 Å². The summed E-state index contributed by atoms with van der Waals surface area (Å²) in [7, 11) is 0. The van der Waals surface area contributed by atoms with Gasteiger partial charge < -0.3 is 26.4 Å². The molecule has 0 radical (unpaired) electrons. The molecule has 0 unspecified atom stereocenters. The van der Waals surface area contributed by atoms with Gasteiger partial charge in [-0.3, -0.25) is 4.79 Å². The quantitative estimate of drug-likeness (QED) is 0.361. The second kappa shape index (κ2) is 6.15. The lowest BCUT2D eigenvalue weighted by molar-refractivity contribution is -0.125. The van der Waals surface area contributed by atoms with Crippen LogP contribution < -0.4 is 11.1 Å². The highest BCUT2D eigenvalue weighted by Crippen LogP contribution is 2.08. The fourth-order valence-corrected chi connectivity index (χ4v) is 1.06. The first-order valence-corrected chi connectivity index (χ1v) is 5.21. The topological polar surface area (TPSA) is 116 Å². The minimum Gasteiger partial charge on any atom is -0.394 e. The molecule has 6 nitrogen and oxygen atoms in total. The minimum atomic E-state index is -1.35. The van der Waals surface area contributed by atoms with Gasteiger partial charge in [0.1, 0.15) is 5.54 Å². The van der Waals surface area contributed by atoms with Gasteiger partial charge in [0.05, 0.1) is 19.8 Å². The van der Waals surface area contributed by atoms with Gasteiger partial charge in [0.25, 0.3) is 0 Å². The molecule has 0 aliphatic heterocycles. The fourth-order valence-electron chi connectivity index (χ4n) is 1.06. The van der Waals surface area contributed by atoms with Gasteiger partial charge in [-0.2, -0.15) is 0 Å². The number of carbonyl (C=O) groups excluding carboxylic acids is 1. The zero-order valence-electron chi connectivity index (χ0n) is 9.86. The van der Waals surface area contributed by atoms with Crippen molar-refractivity contribution in [2.75, 3.05) is 19.8 Å². The van der Waals surface area contributed by atoms with Crippen molar-refractivity contribution in [2.45, 2.75) is 37.8 Å². The van der Waals surface area contributed by atoms with Crippen molar-refractivity contribution < 1.29 is 20.1 Å². The number of hydrogen-bond donors (Lipinski definition) is 5. The molecule has 0 aliphatic rings. The van der Waals surface area contributed by atoms with E-state index < -0.39 is 30.9 Å². The van der Waals surface area contributed by atoms with Crippen LogP contribution in [0.5, 0.6) is 0 Å². The van der Waals surface area contributed by atoms with Crippen LogP contribution in [0.3, 0.4) is 0 Å². The van der Waals surface area contributed by atoms with E-state index in [9.17, 15) is 4.79 Å². The molecule has 0 saturated carbocycles. The summed E-state index contributed by atoms with van der Waals surface area (Å²) < 4.78 is 0. The number of nitrogens with two attached hydrogens (primary N) is 1. The first-order valence-electron chi connectivity index (χ1n) is 5.21. The van der Waals surface area contributed by atoms with Gasteiger partial charge in [-0.25, -0.2) is 0 Å². The largest absolute Gasteiger partial charge is 0.394 e. The van der Waals surface area contributed by atoms with Gasteiger partial charge in [-0.05, 0) is 20.3 Å². The molecule has 0 heterocycles. The third-order valence-electron chi connectivity index (χ3n) is 2.31. The monoisotopic (exact) mass is 234 g/mol. The number of carbonyl (C=O) groups is 1. The Morgan fingerprint density at radius 2 is 1.62 bits per heavy atom. The summed E-state index contributed by atoms with van der Waals surface area (Å²) in [6, 6.07) is 0. The molecule has 0 fully saturated rings. The van der Waals surface area contributed by atoms with E-state index in [4.69, 9.17) is 21.1 Å². The number of rotatable bonds is 7. The zero-order chi connectivity index (χ0) is 12.8. The molecule has 6 N–H and O–H groups in total. The van der Waals surface area contributed by atoms with Crippen LogP contribution in [-0.4, -0.2) is 52.1 Å². The molecule has 16 heavy (non-hydrogen) atoms. The van der Waals surface area contributed by atoms with Crippen molar-refractivity contribution in [1.82, 2.24) is 5.32 Å². The Labute approximate surface area is 95.5 Å². The van der Waals surface area contributed by atoms with Crippen molar-refractivity contribution in [3.05, 3.63) is 0 Å². The highest BCUT2D eigenvalue weighted by atomic mass is 16.3. The van der Waals surface area contributed by atoms with Gasteiger partial charge in [0, 0.05) is 12.0 Å². The van der Waals surface area contributed by atoms with Gasteiger partial charge in [-0.15, -0.1) is 0 Å². The number of aliphatic hydroxyl groups is 3. The molecule has 0 aromatic rings. The van der Waals surface area contributed by atoms with Gasteiger partial charge in [0.2, 0.25) is 5.91 Å². The standard InChI is InChI=1S/C10H22N2O4/c1-9(2,11)4-3-8(16)12-10(5-13,6-14)7-15/h13-15H,3-7,11H2,1-2H3,(H,12,16). The lowest BCUT2D eigenvalue weighted by Crippen LogP contribution is -2.57. The molecular weight excluding hydrogens is 212 g/mol. The summed E-state index contributed by atoms with van der Waals surface area (Å²) in [5.41, 5.74) is 3.92. The Morgan fingerprint density at radius 1 is 1.19 bits per heavy atom. The van der Waals surface area contributed by atoms with Gasteiger partial charge >= 0.3 is 0 Å². The SMILES string of the molecule is CC(C)(N)CCC(=O)NC(CO)(CO)CO. The number of aliphatic hydroxyl groups excluding tert-OH is 3. The highest BCUT2D eigenvalue weighted by molar-refractivity contribution is 5.77. The molecule has 0 rings (SSSR count). The molecule has 0 saturated heterocycles. The summed E-state index contributed by atoms with van der Waals surface area (Å²) in [6.45, 7) is 2.06. The Balaban J connectivity index is 4.21. The van der Waals surface area contributed by atoms with E-state index in [0.717, 1.165) is 0 Å². The van der Waals surface area contributed by atoms with Crippen LogP contribution in [0.2, 0.25) is 0 Å². The molecule has 1 amide bonds. The number of amides is 1. The van der Waals surface area contributed by atoms with E-state index in [2.05, 4.69) is 5.32 Å². The van der Waals surface area contributed by atoms with E-state index >= 15 is 0 Å². The Hall–Kier alpha value is -0.690. The maximum atomic E-state index is 11.5. The second-order valence-corrected chi connectivity index (χ2v) is 4.79. The summed E-state index contributed by atoms with van der Waals surface area (Å²) in [5, 5.41) is 29.4. The van der Waals surface area contributed by atoms with E-state index in [1.54, 1.807) is 13.8 Å². The average Bonchev–Trinajstić information content (AvgIpc) is 2.22. The second-order valence-electron chi connectivity index (χ2n) is 4.79. The average molecular weight is 234 g/mol. The molecule has 0 aliphatic carbocycles. The maximum absolute atomic E-state index is 11.5. The summed E-state index contributed by atoms with van der Waals surface area (Å²) in [5.74, 6) is -0.351. The van der Waals surface area contributed by atoms with Crippen molar-refractivity contribution >= 4 is 5.91 Å². The first-order chi connectivity index (χ1) is 7.28. The van der Waals surface area contributed by atoms with Crippen LogP contribution in [0.4, 0.5) is 0 Å². The van der Waals surface area contributed by atoms with Crippen LogP contribution in [0.1, 0.15) is 26.7 Å². The highest BCUT2D eigenvalue weighted by Gasteiger charge is 2.30. The maximum Gasteiger partial charge on any atom is 0.220 e. The van der Waals surface area contributed by atoms with Crippen molar-refractivity contribution in [3.8, 4) is 0 Å². The summed E-state index contributed by atoms with van der Waals surface area (Å²) in [6.07, 6.45) is 0.669. The summed E-state index contributed by atoms with van der Waals surface area (Å²) >= 11 is 0.